The molecule has 0 heterocycles. The second kappa shape index (κ2) is 10.2. The van der Waals surface area contributed by atoms with Gasteiger partial charge in [-0.25, -0.2) is 0 Å². The van der Waals surface area contributed by atoms with Gasteiger partial charge in [0.15, 0.2) is 11.5 Å². The zero-order valence-electron chi connectivity index (χ0n) is 16.3. The smallest absolute Gasteiger partial charge is 0.303 e. The normalized spacial score (nSPS) is 10.2. The van der Waals surface area contributed by atoms with E-state index >= 15 is 0 Å². The van der Waals surface area contributed by atoms with Crippen LogP contribution in [0.5, 0.6) is 17.2 Å². The molecular weight excluding hydrogens is 362 g/mol. The average Bonchev–Trinajstić information content (AvgIpc) is 2.69. The number of methoxy groups -OCH3 is 2. The molecular formula is C21H25NO6. The molecule has 7 nitrogen and oxygen atoms in total. The van der Waals surface area contributed by atoms with E-state index in [-0.39, 0.29) is 12.3 Å². The number of benzene rings is 2. The summed E-state index contributed by atoms with van der Waals surface area (Å²) in [6, 6.07) is 10.7. The number of aliphatic carboxylic acids is 1. The molecule has 0 fully saturated rings. The number of rotatable bonds is 10. The van der Waals surface area contributed by atoms with Crippen LogP contribution in [0.1, 0.15) is 34.3 Å². The number of hydrogen-bond donors (Lipinski definition) is 2. The monoisotopic (exact) mass is 387 g/mol. The van der Waals surface area contributed by atoms with Crippen LogP contribution < -0.4 is 19.5 Å². The zero-order valence-corrected chi connectivity index (χ0v) is 16.3. The number of carboxylic acids is 1. The maximum Gasteiger partial charge on any atom is 0.303 e. The Bertz CT molecular complexity index is 816. The van der Waals surface area contributed by atoms with Gasteiger partial charge in [-0.3, -0.25) is 9.59 Å². The van der Waals surface area contributed by atoms with Crippen molar-refractivity contribution in [2.24, 2.45) is 0 Å². The first-order valence-corrected chi connectivity index (χ1v) is 8.89. The molecule has 0 atom stereocenters. The molecule has 150 valence electrons. The SMILES string of the molecule is COc1cc(C)c(C(=O)NCc2ccc(OCCCC(=O)O)cc2)cc1OC. The molecule has 0 bridgehead atoms. The zero-order chi connectivity index (χ0) is 20.5. The molecule has 0 saturated carbocycles. The van der Waals surface area contributed by atoms with Crippen molar-refractivity contribution in [2.45, 2.75) is 26.3 Å². The summed E-state index contributed by atoms with van der Waals surface area (Å²) in [6.07, 6.45) is 0.539. The predicted octanol–water partition coefficient (Wildman–Crippen LogP) is 3.19. The molecule has 0 aliphatic rings. The second-order valence-corrected chi connectivity index (χ2v) is 6.19. The van der Waals surface area contributed by atoms with E-state index in [2.05, 4.69) is 5.32 Å². The van der Waals surface area contributed by atoms with Crippen molar-refractivity contribution in [3.63, 3.8) is 0 Å². The Morgan fingerprint density at radius 3 is 2.29 bits per heavy atom. The van der Waals surface area contributed by atoms with Gasteiger partial charge in [0, 0.05) is 18.5 Å². The van der Waals surface area contributed by atoms with Crippen LogP contribution in [-0.2, 0) is 11.3 Å². The van der Waals surface area contributed by atoms with Crippen LogP contribution in [0.25, 0.3) is 0 Å². The van der Waals surface area contributed by atoms with Crippen LogP contribution in [0.15, 0.2) is 36.4 Å². The van der Waals surface area contributed by atoms with Crippen LogP contribution in [0.3, 0.4) is 0 Å². The van der Waals surface area contributed by atoms with Crippen molar-refractivity contribution in [1.29, 1.82) is 0 Å². The Hall–Kier alpha value is -3.22. The summed E-state index contributed by atoms with van der Waals surface area (Å²) in [6.45, 7) is 2.56. The largest absolute Gasteiger partial charge is 0.494 e. The third kappa shape index (κ3) is 5.90. The van der Waals surface area contributed by atoms with Crippen molar-refractivity contribution in [2.75, 3.05) is 20.8 Å². The summed E-state index contributed by atoms with van der Waals surface area (Å²) in [7, 11) is 3.08. The molecule has 7 heteroatoms. The van der Waals surface area contributed by atoms with E-state index in [0.717, 1.165) is 11.1 Å². The fraction of sp³-hybridized carbons (Fsp3) is 0.333. The quantitative estimate of drug-likeness (QED) is 0.608. The standard InChI is InChI=1S/C21H25NO6/c1-14-11-18(26-2)19(27-3)12-17(14)21(25)22-13-15-6-8-16(9-7-15)28-10-4-5-20(23)24/h6-9,11-12H,4-5,10,13H2,1-3H3,(H,22,25)(H,23,24). The van der Waals surface area contributed by atoms with Gasteiger partial charge in [-0.15, -0.1) is 0 Å². The Morgan fingerprint density at radius 2 is 1.68 bits per heavy atom. The fourth-order valence-corrected chi connectivity index (χ4v) is 2.62. The Labute approximate surface area is 164 Å². The lowest BCUT2D eigenvalue weighted by Gasteiger charge is -2.13. The maximum absolute atomic E-state index is 12.5. The van der Waals surface area contributed by atoms with Gasteiger partial charge in [0.25, 0.3) is 5.91 Å². The summed E-state index contributed by atoms with van der Waals surface area (Å²) in [5.41, 5.74) is 2.24. The van der Waals surface area contributed by atoms with Gasteiger partial charge >= 0.3 is 5.97 Å². The minimum absolute atomic E-state index is 0.0830. The lowest BCUT2D eigenvalue weighted by molar-refractivity contribution is -0.137. The lowest BCUT2D eigenvalue weighted by atomic mass is 10.1. The van der Waals surface area contributed by atoms with Crippen molar-refractivity contribution in [3.05, 3.63) is 53.1 Å². The molecule has 2 aromatic carbocycles. The molecule has 0 spiro atoms. The van der Waals surface area contributed by atoms with Crippen molar-refractivity contribution < 1.29 is 28.9 Å². The van der Waals surface area contributed by atoms with Gasteiger partial charge in [0.05, 0.1) is 20.8 Å². The minimum Gasteiger partial charge on any atom is -0.494 e. The van der Waals surface area contributed by atoms with E-state index in [1.165, 1.54) is 7.11 Å². The number of carboxylic acid groups (broad SMARTS) is 1. The van der Waals surface area contributed by atoms with E-state index in [0.29, 0.717) is 42.4 Å². The fourth-order valence-electron chi connectivity index (χ4n) is 2.62. The molecule has 28 heavy (non-hydrogen) atoms. The molecule has 0 aliphatic carbocycles. The predicted molar refractivity (Wildman–Crippen MR) is 104 cm³/mol. The van der Waals surface area contributed by atoms with Gasteiger partial charge < -0.3 is 24.6 Å². The van der Waals surface area contributed by atoms with Crippen LogP contribution in [0, 0.1) is 6.92 Å². The molecule has 0 saturated heterocycles. The van der Waals surface area contributed by atoms with E-state index in [1.807, 2.05) is 19.1 Å². The summed E-state index contributed by atoms with van der Waals surface area (Å²) < 4.78 is 16.0. The van der Waals surface area contributed by atoms with Gasteiger partial charge in [-0.05, 0) is 48.7 Å². The van der Waals surface area contributed by atoms with Gasteiger partial charge in [0.2, 0.25) is 0 Å². The highest BCUT2D eigenvalue weighted by molar-refractivity contribution is 5.96. The Balaban J connectivity index is 1.91. The Morgan fingerprint density at radius 1 is 1.04 bits per heavy atom. The van der Waals surface area contributed by atoms with Crippen LogP contribution in [0.4, 0.5) is 0 Å². The molecule has 2 aromatic rings. The average molecular weight is 387 g/mol. The maximum atomic E-state index is 12.5. The minimum atomic E-state index is -0.834. The number of aryl methyl sites for hydroxylation is 1. The number of carbonyl (C=O) groups is 2. The van der Waals surface area contributed by atoms with Crippen LogP contribution in [0.2, 0.25) is 0 Å². The van der Waals surface area contributed by atoms with Crippen molar-refractivity contribution in [1.82, 2.24) is 5.32 Å². The molecule has 0 unspecified atom stereocenters. The van der Waals surface area contributed by atoms with Crippen LogP contribution >= 0.6 is 0 Å². The van der Waals surface area contributed by atoms with E-state index < -0.39 is 5.97 Å². The van der Waals surface area contributed by atoms with Gasteiger partial charge in [-0.1, -0.05) is 12.1 Å². The highest BCUT2D eigenvalue weighted by Crippen LogP contribution is 2.30. The Kier molecular flexibility index (Phi) is 7.68. The van der Waals surface area contributed by atoms with E-state index in [4.69, 9.17) is 19.3 Å². The summed E-state index contributed by atoms with van der Waals surface area (Å²) in [5, 5.41) is 11.5. The molecule has 2 rings (SSSR count). The van der Waals surface area contributed by atoms with E-state index in [1.54, 1.807) is 31.4 Å². The first-order valence-electron chi connectivity index (χ1n) is 8.89. The number of carbonyl (C=O) groups excluding carboxylic acids is 1. The second-order valence-electron chi connectivity index (χ2n) is 6.19. The highest BCUT2D eigenvalue weighted by Gasteiger charge is 2.14. The third-order valence-corrected chi connectivity index (χ3v) is 4.16. The molecule has 0 radical (unpaired) electrons. The number of ether oxygens (including phenoxy) is 3. The molecule has 2 N–H and O–H groups in total. The van der Waals surface area contributed by atoms with Gasteiger partial charge in [-0.2, -0.15) is 0 Å². The van der Waals surface area contributed by atoms with Crippen molar-refractivity contribution in [3.8, 4) is 17.2 Å². The molecule has 0 aromatic heterocycles. The van der Waals surface area contributed by atoms with Crippen molar-refractivity contribution >= 4 is 11.9 Å². The topological polar surface area (TPSA) is 94.1 Å². The summed E-state index contributed by atoms with van der Waals surface area (Å²) >= 11 is 0. The van der Waals surface area contributed by atoms with Crippen LogP contribution in [-0.4, -0.2) is 37.8 Å². The molecule has 1 amide bonds. The highest BCUT2D eigenvalue weighted by atomic mass is 16.5. The molecule has 0 aliphatic heterocycles. The third-order valence-electron chi connectivity index (χ3n) is 4.16. The van der Waals surface area contributed by atoms with E-state index in [9.17, 15) is 9.59 Å². The summed E-state index contributed by atoms with van der Waals surface area (Å²) in [5.74, 6) is 0.709. The number of amides is 1. The first kappa shape index (κ1) is 21.1. The summed E-state index contributed by atoms with van der Waals surface area (Å²) in [4.78, 5) is 23.0. The van der Waals surface area contributed by atoms with Gasteiger partial charge in [0.1, 0.15) is 5.75 Å². The lowest BCUT2D eigenvalue weighted by Crippen LogP contribution is -2.23. The number of hydrogen-bond acceptors (Lipinski definition) is 5. The number of nitrogens with one attached hydrogen (secondary N) is 1. The first-order chi connectivity index (χ1) is 13.4.